The van der Waals surface area contributed by atoms with Crippen molar-refractivity contribution in [1.29, 1.82) is 5.26 Å². The van der Waals surface area contributed by atoms with E-state index < -0.39 is 17.6 Å². The molecule has 1 heterocycles. The van der Waals surface area contributed by atoms with Gasteiger partial charge < -0.3 is 9.73 Å². The monoisotopic (exact) mass is 334 g/mol. The highest BCUT2D eigenvalue weighted by Gasteiger charge is 2.29. The van der Waals surface area contributed by atoms with Gasteiger partial charge in [-0.3, -0.25) is 9.59 Å². The average molecular weight is 335 g/mol. The van der Waals surface area contributed by atoms with Crippen molar-refractivity contribution in [2.75, 3.05) is 7.05 Å². The zero-order chi connectivity index (χ0) is 16.1. The molecule has 1 N–H and O–H groups in total. The highest BCUT2D eigenvalue weighted by Crippen LogP contribution is 2.30. The summed E-state index contributed by atoms with van der Waals surface area (Å²) in [7, 11) is 1.36. The van der Waals surface area contributed by atoms with Crippen molar-refractivity contribution in [1.82, 2.24) is 5.32 Å². The Labute approximate surface area is 136 Å². The van der Waals surface area contributed by atoms with E-state index in [9.17, 15) is 9.59 Å². The number of rotatable bonds is 5. The second kappa shape index (κ2) is 7.16. The topological polar surface area (TPSA) is 83.1 Å². The number of amides is 1. The van der Waals surface area contributed by atoms with Crippen molar-refractivity contribution in [2.24, 2.45) is 5.92 Å². The van der Waals surface area contributed by atoms with E-state index in [-0.39, 0.29) is 5.76 Å². The van der Waals surface area contributed by atoms with Gasteiger partial charge in [0.2, 0.25) is 11.7 Å². The molecule has 5 nitrogen and oxygen atoms in total. The van der Waals surface area contributed by atoms with Crippen LogP contribution in [0.15, 0.2) is 50.8 Å². The van der Waals surface area contributed by atoms with E-state index in [1.807, 2.05) is 12.1 Å². The number of ketones is 1. The summed E-state index contributed by atoms with van der Waals surface area (Å²) in [5.74, 6) is -2.75. The quantitative estimate of drug-likeness (QED) is 0.670. The highest BCUT2D eigenvalue weighted by atomic mass is 35.5. The third kappa shape index (κ3) is 3.70. The Kier molecular flexibility index (Phi) is 5.26. The van der Waals surface area contributed by atoms with Crippen LogP contribution in [-0.4, -0.2) is 18.7 Å². The van der Waals surface area contributed by atoms with E-state index >= 15 is 0 Å². The molecule has 7 heteroatoms. The minimum atomic E-state index is -1.41. The number of halogens is 1. The molecule has 1 unspecified atom stereocenters. The molecule has 0 aliphatic heterocycles. The van der Waals surface area contributed by atoms with Crippen LogP contribution in [0.5, 0.6) is 0 Å². The second-order valence-electron chi connectivity index (χ2n) is 4.22. The van der Waals surface area contributed by atoms with Crippen LogP contribution in [0.1, 0.15) is 10.6 Å². The lowest BCUT2D eigenvalue weighted by Crippen LogP contribution is -2.31. The number of benzene rings is 1. The molecule has 0 spiro atoms. The number of hydrogen-bond donors (Lipinski definition) is 1. The normalized spacial score (nSPS) is 11.5. The largest absolute Gasteiger partial charge is 0.446 e. The minimum absolute atomic E-state index is 0.0217. The van der Waals surface area contributed by atoms with Crippen LogP contribution in [0.2, 0.25) is 5.02 Å². The van der Waals surface area contributed by atoms with Crippen molar-refractivity contribution in [3.05, 3.63) is 47.2 Å². The molecule has 0 bridgehead atoms. The Bertz CT molecular complexity index is 734. The van der Waals surface area contributed by atoms with Gasteiger partial charge in [0.05, 0.1) is 6.07 Å². The van der Waals surface area contributed by atoms with Gasteiger partial charge in [-0.1, -0.05) is 23.4 Å². The molecule has 0 saturated carbocycles. The predicted octanol–water partition coefficient (Wildman–Crippen LogP) is 3.15. The number of nitriles is 1. The first-order chi connectivity index (χ1) is 10.5. The first-order valence-electron chi connectivity index (χ1n) is 6.24. The maximum absolute atomic E-state index is 12.1. The summed E-state index contributed by atoms with van der Waals surface area (Å²) in [5.41, 5.74) is 0. The maximum Gasteiger partial charge on any atom is 0.245 e. The summed E-state index contributed by atoms with van der Waals surface area (Å²) < 4.78 is 5.41. The minimum Gasteiger partial charge on any atom is -0.446 e. The van der Waals surface area contributed by atoms with E-state index in [0.29, 0.717) is 10.1 Å². The summed E-state index contributed by atoms with van der Waals surface area (Å²) in [5, 5.41) is 12.3. The molecular weight excluding hydrogens is 324 g/mol. The van der Waals surface area contributed by atoms with Crippen LogP contribution >= 0.6 is 23.4 Å². The van der Waals surface area contributed by atoms with Gasteiger partial charge in [0, 0.05) is 17.0 Å². The molecule has 1 aromatic heterocycles. The van der Waals surface area contributed by atoms with Gasteiger partial charge in [0.1, 0.15) is 0 Å². The van der Waals surface area contributed by atoms with E-state index in [1.165, 1.54) is 24.9 Å². The first-order valence-corrected chi connectivity index (χ1v) is 7.43. The number of nitrogens with zero attached hydrogens (tertiary/aromatic N) is 1. The summed E-state index contributed by atoms with van der Waals surface area (Å²) in [6.45, 7) is 0. The SMILES string of the molecule is CNC(=O)C(C#N)C(=O)c1ccc(Sc2ccc(Cl)cc2)o1. The average Bonchev–Trinajstić information content (AvgIpc) is 2.98. The van der Waals surface area contributed by atoms with Crippen molar-refractivity contribution in [2.45, 2.75) is 9.99 Å². The van der Waals surface area contributed by atoms with Gasteiger partial charge in [-0.15, -0.1) is 0 Å². The van der Waals surface area contributed by atoms with Gasteiger partial charge in [-0.05, 0) is 36.4 Å². The van der Waals surface area contributed by atoms with Gasteiger partial charge >= 0.3 is 0 Å². The summed E-state index contributed by atoms with van der Waals surface area (Å²) in [4.78, 5) is 24.4. The number of carbonyl (C=O) groups excluding carboxylic acids is 2. The molecular formula is C15H11ClN2O3S. The fourth-order valence-corrected chi connectivity index (χ4v) is 2.55. The smallest absolute Gasteiger partial charge is 0.245 e. The molecule has 0 fully saturated rings. The summed E-state index contributed by atoms with van der Waals surface area (Å²) in [6, 6.07) is 11.9. The van der Waals surface area contributed by atoms with Crippen molar-refractivity contribution >= 4 is 35.1 Å². The zero-order valence-corrected chi connectivity index (χ0v) is 13.1. The van der Waals surface area contributed by atoms with E-state index in [0.717, 1.165) is 4.90 Å². The van der Waals surface area contributed by atoms with E-state index in [2.05, 4.69) is 5.32 Å². The van der Waals surface area contributed by atoms with Crippen LogP contribution in [0.25, 0.3) is 0 Å². The van der Waals surface area contributed by atoms with E-state index in [1.54, 1.807) is 24.3 Å². The number of hydrogen-bond acceptors (Lipinski definition) is 5. The summed E-state index contributed by atoms with van der Waals surface area (Å²) >= 11 is 7.12. The first kappa shape index (κ1) is 16.1. The molecule has 112 valence electrons. The maximum atomic E-state index is 12.1. The Morgan fingerprint density at radius 3 is 2.55 bits per heavy atom. The Morgan fingerprint density at radius 2 is 1.95 bits per heavy atom. The number of furan rings is 1. The second-order valence-corrected chi connectivity index (χ2v) is 5.73. The van der Waals surface area contributed by atoms with Crippen molar-refractivity contribution in [3.63, 3.8) is 0 Å². The molecule has 0 radical (unpaired) electrons. The third-order valence-electron chi connectivity index (χ3n) is 2.76. The number of carbonyl (C=O) groups is 2. The zero-order valence-electron chi connectivity index (χ0n) is 11.5. The van der Waals surface area contributed by atoms with E-state index in [4.69, 9.17) is 21.3 Å². The van der Waals surface area contributed by atoms with Crippen LogP contribution < -0.4 is 5.32 Å². The molecule has 1 atom stereocenters. The molecule has 1 amide bonds. The van der Waals surface area contributed by atoms with Crippen LogP contribution in [0.4, 0.5) is 0 Å². The lowest BCUT2D eigenvalue weighted by Gasteiger charge is -2.04. The van der Waals surface area contributed by atoms with Gasteiger partial charge in [0.15, 0.2) is 16.8 Å². The highest BCUT2D eigenvalue weighted by molar-refractivity contribution is 7.99. The van der Waals surface area contributed by atoms with Crippen LogP contribution in [0.3, 0.4) is 0 Å². The fraction of sp³-hybridized carbons (Fsp3) is 0.133. The van der Waals surface area contributed by atoms with Crippen molar-refractivity contribution in [3.8, 4) is 6.07 Å². The molecule has 2 rings (SSSR count). The van der Waals surface area contributed by atoms with Crippen LogP contribution in [0, 0.1) is 17.2 Å². The molecule has 0 aliphatic carbocycles. The lowest BCUT2D eigenvalue weighted by atomic mass is 10.0. The third-order valence-corrected chi connectivity index (χ3v) is 3.94. The Morgan fingerprint density at radius 1 is 1.27 bits per heavy atom. The number of nitrogens with one attached hydrogen (secondary N) is 1. The van der Waals surface area contributed by atoms with Gasteiger partial charge in [-0.2, -0.15) is 5.26 Å². The van der Waals surface area contributed by atoms with Crippen molar-refractivity contribution < 1.29 is 14.0 Å². The Balaban J connectivity index is 2.14. The van der Waals surface area contributed by atoms with Gasteiger partial charge in [0.25, 0.3) is 0 Å². The molecule has 0 saturated heterocycles. The molecule has 0 aliphatic rings. The fourth-order valence-electron chi connectivity index (χ4n) is 1.65. The standard InChI is InChI=1S/C15H11ClN2O3S/c1-18-15(20)11(8-17)14(19)12-6-7-13(21-12)22-10-4-2-9(16)3-5-10/h2-7,11H,1H3,(H,18,20). The van der Waals surface area contributed by atoms with Crippen LogP contribution in [-0.2, 0) is 4.79 Å². The predicted molar refractivity (Wildman–Crippen MR) is 81.8 cm³/mol. The number of Topliss-reactive ketones (excluding diaryl/α,β-unsaturated/α-hetero) is 1. The Hall–Kier alpha value is -2.23. The summed E-state index contributed by atoms with van der Waals surface area (Å²) in [6.07, 6.45) is 0. The molecule has 22 heavy (non-hydrogen) atoms. The lowest BCUT2D eigenvalue weighted by molar-refractivity contribution is -0.121. The van der Waals surface area contributed by atoms with Gasteiger partial charge in [-0.25, -0.2) is 0 Å². The molecule has 2 aromatic rings. The molecule has 1 aromatic carbocycles.